The highest BCUT2D eigenvalue weighted by atomic mass is 15.1. The molecular formula is C29H26N2. The largest absolute Gasteiger partial charge is 0.335 e. The quantitative estimate of drug-likeness (QED) is 0.230. The van der Waals surface area contributed by atoms with E-state index >= 15 is 0 Å². The van der Waals surface area contributed by atoms with E-state index < -0.39 is 0 Å². The number of fused-ring (bicyclic) bond motifs is 2. The molecule has 0 N–H and O–H groups in total. The van der Waals surface area contributed by atoms with E-state index in [2.05, 4.69) is 116 Å². The summed E-state index contributed by atoms with van der Waals surface area (Å²) in [5.41, 5.74) is 5.12. The van der Waals surface area contributed by atoms with Gasteiger partial charge in [-0.2, -0.15) is 0 Å². The van der Waals surface area contributed by atoms with E-state index in [-0.39, 0.29) is 0 Å². The van der Waals surface area contributed by atoms with Gasteiger partial charge in [-0.05, 0) is 71.1 Å². The van der Waals surface area contributed by atoms with E-state index in [1.807, 2.05) is 6.08 Å². The van der Waals surface area contributed by atoms with Crippen LogP contribution in [0.2, 0.25) is 0 Å². The van der Waals surface area contributed by atoms with Gasteiger partial charge in [-0.25, -0.2) is 0 Å². The third kappa shape index (κ3) is 4.19. The lowest BCUT2D eigenvalue weighted by atomic mass is 10.0. The molecular weight excluding hydrogens is 376 g/mol. The highest BCUT2D eigenvalue weighted by Crippen LogP contribution is 2.30. The van der Waals surface area contributed by atoms with Crippen LogP contribution in [0.5, 0.6) is 0 Å². The third-order valence-electron chi connectivity index (χ3n) is 5.56. The summed E-state index contributed by atoms with van der Waals surface area (Å²) < 4.78 is 0. The standard InChI is InChI=1S/C29H26N2/c1-5-28(30-4)29(6-2)31(20-22-12-14-23-9-7-8-10-24(23)18-22)27-16-15-25-17-21(3)11-13-26(25)19-27/h5-19H,1-2,4,20H2,3H3/b29-28-. The van der Waals surface area contributed by atoms with Crippen LogP contribution in [0.25, 0.3) is 21.5 Å². The van der Waals surface area contributed by atoms with Gasteiger partial charge in [-0.1, -0.05) is 79.4 Å². The molecule has 0 atom stereocenters. The smallest absolute Gasteiger partial charge is 0.0853 e. The Labute approximate surface area is 184 Å². The predicted molar refractivity (Wildman–Crippen MR) is 136 cm³/mol. The number of nitrogens with zero attached hydrogens (tertiary/aromatic N) is 2. The molecule has 0 aliphatic carbocycles. The van der Waals surface area contributed by atoms with Crippen LogP contribution in [0.15, 0.2) is 121 Å². The summed E-state index contributed by atoms with van der Waals surface area (Å²) in [6.45, 7) is 14.5. The van der Waals surface area contributed by atoms with Crippen molar-refractivity contribution in [2.75, 3.05) is 4.90 Å². The molecule has 152 valence electrons. The summed E-state index contributed by atoms with van der Waals surface area (Å²) in [5, 5.41) is 4.88. The maximum atomic E-state index is 4.19. The van der Waals surface area contributed by atoms with Crippen molar-refractivity contribution in [3.8, 4) is 0 Å². The van der Waals surface area contributed by atoms with Crippen molar-refractivity contribution in [1.29, 1.82) is 0 Å². The highest BCUT2D eigenvalue weighted by Gasteiger charge is 2.15. The second-order valence-electron chi connectivity index (χ2n) is 7.64. The van der Waals surface area contributed by atoms with Crippen LogP contribution in [0.1, 0.15) is 11.1 Å². The normalized spacial score (nSPS) is 11.8. The number of aryl methyl sites for hydroxylation is 1. The maximum absolute atomic E-state index is 4.19. The number of allylic oxidation sites excluding steroid dienone is 2. The molecule has 0 amide bonds. The molecule has 4 aromatic carbocycles. The average Bonchev–Trinajstić information content (AvgIpc) is 2.81. The van der Waals surface area contributed by atoms with Crippen LogP contribution in [-0.4, -0.2) is 6.72 Å². The Morgan fingerprint density at radius 3 is 2.23 bits per heavy atom. The van der Waals surface area contributed by atoms with Gasteiger partial charge in [0.05, 0.1) is 11.4 Å². The minimum absolute atomic E-state index is 0.677. The first-order valence-corrected chi connectivity index (χ1v) is 10.3. The van der Waals surface area contributed by atoms with Crippen LogP contribution in [0, 0.1) is 6.92 Å². The average molecular weight is 403 g/mol. The molecule has 0 bridgehead atoms. The summed E-state index contributed by atoms with van der Waals surface area (Å²) in [5.74, 6) is 0. The van der Waals surface area contributed by atoms with Crippen molar-refractivity contribution < 1.29 is 0 Å². The zero-order chi connectivity index (χ0) is 21.8. The first-order valence-electron chi connectivity index (χ1n) is 10.3. The van der Waals surface area contributed by atoms with Gasteiger partial charge in [-0.15, -0.1) is 0 Å². The van der Waals surface area contributed by atoms with Crippen molar-refractivity contribution in [2.24, 2.45) is 4.99 Å². The van der Waals surface area contributed by atoms with E-state index in [1.54, 1.807) is 6.08 Å². The second-order valence-corrected chi connectivity index (χ2v) is 7.64. The van der Waals surface area contributed by atoms with Gasteiger partial charge in [0.2, 0.25) is 0 Å². The summed E-state index contributed by atoms with van der Waals surface area (Å²) in [4.78, 5) is 6.41. The van der Waals surface area contributed by atoms with Crippen LogP contribution < -0.4 is 4.90 Å². The first kappa shape index (κ1) is 20.4. The van der Waals surface area contributed by atoms with Crippen LogP contribution in [0.3, 0.4) is 0 Å². The highest BCUT2D eigenvalue weighted by molar-refractivity contribution is 5.87. The lowest BCUT2D eigenvalue weighted by molar-refractivity contribution is 0.926. The minimum atomic E-state index is 0.677. The number of hydrogen-bond acceptors (Lipinski definition) is 2. The van der Waals surface area contributed by atoms with Crippen LogP contribution >= 0.6 is 0 Å². The Morgan fingerprint density at radius 1 is 0.806 bits per heavy atom. The van der Waals surface area contributed by atoms with Gasteiger partial charge in [0.1, 0.15) is 0 Å². The summed E-state index contributed by atoms with van der Waals surface area (Å²) in [6, 6.07) is 28.0. The number of anilines is 1. The molecule has 0 fully saturated rings. The Kier molecular flexibility index (Phi) is 5.81. The molecule has 0 aliphatic heterocycles. The van der Waals surface area contributed by atoms with Crippen molar-refractivity contribution in [3.05, 3.63) is 127 Å². The Morgan fingerprint density at radius 2 is 1.48 bits per heavy atom. The molecule has 0 heterocycles. The molecule has 31 heavy (non-hydrogen) atoms. The molecule has 0 saturated carbocycles. The molecule has 2 nitrogen and oxygen atoms in total. The minimum Gasteiger partial charge on any atom is -0.335 e. The van der Waals surface area contributed by atoms with E-state index in [0.29, 0.717) is 12.2 Å². The fraction of sp³-hybridized carbons (Fsp3) is 0.0690. The number of hydrogen-bond donors (Lipinski definition) is 0. The molecule has 2 heteroatoms. The van der Waals surface area contributed by atoms with E-state index in [4.69, 9.17) is 0 Å². The van der Waals surface area contributed by atoms with Gasteiger partial charge in [0, 0.05) is 12.2 Å². The van der Waals surface area contributed by atoms with Gasteiger partial charge in [0.25, 0.3) is 0 Å². The zero-order valence-corrected chi connectivity index (χ0v) is 17.9. The first-order chi connectivity index (χ1) is 15.1. The lowest BCUT2D eigenvalue weighted by Gasteiger charge is -2.27. The Hall–Kier alpha value is -3.91. The fourth-order valence-electron chi connectivity index (χ4n) is 3.96. The third-order valence-corrected chi connectivity index (χ3v) is 5.56. The number of benzene rings is 4. The van der Waals surface area contributed by atoms with Gasteiger partial charge in [-0.3, -0.25) is 4.99 Å². The summed E-state index contributed by atoms with van der Waals surface area (Å²) >= 11 is 0. The number of rotatable bonds is 7. The van der Waals surface area contributed by atoms with Crippen LogP contribution in [-0.2, 0) is 6.54 Å². The molecule has 0 aliphatic rings. The molecule has 0 unspecified atom stereocenters. The predicted octanol–water partition coefficient (Wildman–Crippen LogP) is 7.59. The van der Waals surface area contributed by atoms with E-state index in [1.165, 1.54) is 32.7 Å². The van der Waals surface area contributed by atoms with Gasteiger partial charge in [0.15, 0.2) is 0 Å². The molecule has 0 saturated heterocycles. The molecule has 0 spiro atoms. The van der Waals surface area contributed by atoms with Gasteiger partial charge < -0.3 is 4.90 Å². The molecule has 4 aromatic rings. The van der Waals surface area contributed by atoms with Gasteiger partial charge >= 0.3 is 0 Å². The zero-order valence-electron chi connectivity index (χ0n) is 17.9. The van der Waals surface area contributed by atoms with Crippen molar-refractivity contribution in [2.45, 2.75) is 13.5 Å². The molecule has 4 rings (SSSR count). The summed E-state index contributed by atoms with van der Waals surface area (Å²) in [7, 11) is 0. The van der Waals surface area contributed by atoms with Crippen LogP contribution in [0.4, 0.5) is 5.69 Å². The summed E-state index contributed by atoms with van der Waals surface area (Å²) in [6.07, 6.45) is 3.55. The SMILES string of the molecule is C=C/C(N=C)=C(\C=C)N(Cc1ccc2ccccc2c1)c1ccc2cc(C)ccc2c1. The maximum Gasteiger partial charge on any atom is 0.0853 e. The topological polar surface area (TPSA) is 15.6 Å². The monoisotopic (exact) mass is 402 g/mol. The Bertz CT molecular complexity index is 1320. The lowest BCUT2D eigenvalue weighted by Crippen LogP contribution is -2.22. The van der Waals surface area contributed by atoms with Crippen molar-refractivity contribution in [1.82, 2.24) is 0 Å². The van der Waals surface area contributed by atoms with E-state index in [9.17, 15) is 0 Å². The molecule has 0 aromatic heterocycles. The second kappa shape index (κ2) is 8.85. The van der Waals surface area contributed by atoms with Crippen molar-refractivity contribution >= 4 is 33.9 Å². The van der Waals surface area contributed by atoms with Crippen molar-refractivity contribution in [3.63, 3.8) is 0 Å². The van der Waals surface area contributed by atoms with E-state index in [0.717, 1.165) is 11.4 Å². The number of aliphatic imine (C=N–C) groups is 1. The Balaban J connectivity index is 1.85. The molecule has 0 radical (unpaired) electrons. The fourth-order valence-corrected chi connectivity index (χ4v) is 3.96.